The van der Waals surface area contributed by atoms with E-state index in [1.807, 2.05) is 11.1 Å². The van der Waals surface area contributed by atoms with Gasteiger partial charge < -0.3 is 10.2 Å². The van der Waals surface area contributed by atoms with Gasteiger partial charge in [0.1, 0.15) is 6.67 Å². The van der Waals surface area contributed by atoms with Gasteiger partial charge in [0.2, 0.25) is 0 Å². The summed E-state index contributed by atoms with van der Waals surface area (Å²) in [6, 6.07) is 4.91. The van der Waals surface area contributed by atoms with Gasteiger partial charge in [-0.15, -0.1) is 0 Å². The largest absolute Gasteiger partial charge is 0.325 e. The predicted molar refractivity (Wildman–Crippen MR) is 73.8 cm³/mol. The lowest BCUT2D eigenvalue weighted by Crippen LogP contribution is -2.43. The van der Waals surface area contributed by atoms with Gasteiger partial charge in [-0.3, -0.25) is 4.99 Å². The highest BCUT2D eigenvalue weighted by molar-refractivity contribution is 5.85. The molecular formula is C15H15F2N3. The van der Waals surface area contributed by atoms with Crippen molar-refractivity contribution >= 4 is 11.9 Å². The Balaban J connectivity index is 1.75. The quantitative estimate of drug-likeness (QED) is 0.853. The lowest BCUT2D eigenvalue weighted by molar-refractivity contribution is 0.507. The molecule has 1 N–H and O–H groups in total. The van der Waals surface area contributed by atoms with E-state index in [0.29, 0.717) is 24.4 Å². The van der Waals surface area contributed by atoms with Crippen molar-refractivity contribution in [3.63, 3.8) is 0 Å². The van der Waals surface area contributed by atoms with Crippen molar-refractivity contribution in [2.45, 2.75) is 31.3 Å². The third-order valence-corrected chi connectivity index (χ3v) is 4.38. The summed E-state index contributed by atoms with van der Waals surface area (Å²) in [5.74, 6) is -1.62. The van der Waals surface area contributed by atoms with Crippen molar-refractivity contribution < 1.29 is 8.78 Å². The van der Waals surface area contributed by atoms with Crippen LogP contribution in [0.15, 0.2) is 34.5 Å². The zero-order valence-corrected chi connectivity index (χ0v) is 10.9. The average molecular weight is 275 g/mol. The second kappa shape index (κ2) is 4.38. The molecule has 3 heterocycles. The maximum absolute atomic E-state index is 13.5. The van der Waals surface area contributed by atoms with Crippen LogP contribution in [0.1, 0.15) is 19.3 Å². The second-order valence-electron chi connectivity index (χ2n) is 5.58. The summed E-state index contributed by atoms with van der Waals surface area (Å²) in [4.78, 5) is 6.38. The van der Waals surface area contributed by atoms with Gasteiger partial charge >= 0.3 is 0 Å². The maximum Gasteiger partial charge on any atom is 0.160 e. The number of fused-ring (bicyclic) bond motifs is 3. The van der Waals surface area contributed by atoms with E-state index >= 15 is 0 Å². The van der Waals surface area contributed by atoms with Gasteiger partial charge in [-0.05, 0) is 25.0 Å². The zero-order valence-electron chi connectivity index (χ0n) is 10.9. The fourth-order valence-corrected chi connectivity index (χ4v) is 3.40. The Labute approximate surface area is 116 Å². The van der Waals surface area contributed by atoms with E-state index < -0.39 is 11.6 Å². The number of nitrogens with zero attached hydrogens (tertiary/aromatic N) is 2. The summed E-state index contributed by atoms with van der Waals surface area (Å²) in [5, 5.41) is 3.57. The predicted octanol–water partition coefficient (Wildman–Crippen LogP) is 2.59. The highest BCUT2D eigenvalue weighted by atomic mass is 19.2. The summed E-state index contributed by atoms with van der Waals surface area (Å²) in [6.07, 6.45) is 5.15. The maximum atomic E-state index is 13.5. The van der Waals surface area contributed by atoms with Crippen molar-refractivity contribution in [1.82, 2.24) is 5.32 Å². The SMILES string of the molecule is Fc1ccc(N2CN=CC3=C2C[C@H]2CC[C@@H]3N2)cc1F. The third-order valence-electron chi connectivity index (χ3n) is 4.38. The normalized spacial score (nSPS) is 28.0. The molecule has 4 rings (SSSR count). The van der Waals surface area contributed by atoms with Gasteiger partial charge in [-0.2, -0.15) is 0 Å². The van der Waals surface area contributed by atoms with Crippen LogP contribution in [-0.4, -0.2) is 25.0 Å². The van der Waals surface area contributed by atoms with Gasteiger partial charge in [0.25, 0.3) is 0 Å². The topological polar surface area (TPSA) is 27.6 Å². The minimum absolute atomic E-state index is 0.362. The number of nitrogens with one attached hydrogen (secondary N) is 1. The van der Waals surface area contributed by atoms with Crippen LogP contribution < -0.4 is 10.2 Å². The lowest BCUT2D eigenvalue weighted by Gasteiger charge is -2.36. The van der Waals surface area contributed by atoms with Gasteiger partial charge in [-0.1, -0.05) is 0 Å². The number of anilines is 1. The minimum Gasteiger partial charge on any atom is -0.325 e. The lowest BCUT2D eigenvalue weighted by atomic mass is 9.98. The van der Waals surface area contributed by atoms with E-state index in [1.54, 1.807) is 6.07 Å². The molecule has 104 valence electrons. The molecule has 0 amide bonds. The van der Waals surface area contributed by atoms with E-state index in [0.717, 1.165) is 19.3 Å². The number of rotatable bonds is 1. The van der Waals surface area contributed by atoms with Crippen LogP contribution in [-0.2, 0) is 0 Å². The average Bonchev–Trinajstić information content (AvgIpc) is 2.84. The first-order valence-corrected chi connectivity index (χ1v) is 6.94. The summed E-state index contributed by atoms with van der Waals surface area (Å²) in [6.45, 7) is 0.476. The molecule has 1 fully saturated rings. The molecule has 1 saturated heterocycles. The molecule has 2 bridgehead atoms. The Morgan fingerprint density at radius 3 is 2.95 bits per heavy atom. The fourth-order valence-electron chi connectivity index (χ4n) is 3.40. The third kappa shape index (κ3) is 1.77. The summed E-state index contributed by atoms with van der Waals surface area (Å²) in [5.41, 5.74) is 3.08. The molecule has 3 aliphatic heterocycles. The van der Waals surface area contributed by atoms with Crippen LogP contribution in [0.5, 0.6) is 0 Å². The van der Waals surface area contributed by atoms with Crippen molar-refractivity contribution in [1.29, 1.82) is 0 Å². The molecule has 0 unspecified atom stereocenters. The van der Waals surface area contributed by atoms with Crippen LogP contribution in [0.25, 0.3) is 0 Å². The van der Waals surface area contributed by atoms with Crippen LogP contribution in [0.2, 0.25) is 0 Å². The molecular weight excluding hydrogens is 260 g/mol. The number of aliphatic imine (C=N–C) groups is 1. The molecule has 0 aromatic heterocycles. The van der Waals surface area contributed by atoms with E-state index in [2.05, 4.69) is 10.3 Å². The Morgan fingerprint density at radius 2 is 2.10 bits per heavy atom. The molecule has 2 atom stereocenters. The highest BCUT2D eigenvalue weighted by Gasteiger charge is 2.36. The van der Waals surface area contributed by atoms with Gasteiger partial charge in [0.15, 0.2) is 11.6 Å². The first-order chi connectivity index (χ1) is 9.72. The first kappa shape index (κ1) is 12.0. The monoisotopic (exact) mass is 275 g/mol. The molecule has 20 heavy (non-hydrogen) atoms. The minimum atomic E-state index is -0.811. The summed E-state index contributed by atoms with van der Waals surface area (Å²) < 4.78 is 26.5. The summed E-state index contributed by atoms with van der Waals surface area (Å²) in [7, 11) is 0. The molecule has 0 spiro atoms. The smallest absolute Gasteiger partial charge is 0.160 e. The Kier molecular flexibility index (Phi) is 2.63. The molecule has 3 nitrogen and oxygen atoms in total. The van der Waals surface area contributed by atoms with Crippen molar-refractivity contribution in [3.05, 3.63) is 41.1 Å². The van der Waals surface area contributed by atoms with Crippen LogP contribution >= 0.6 is 0 Å². The Morgan fingerprint density at radius 1 is 1.20 bits per heavy atom. The van der Waals surface area contributed by atoms with Gasteiger partial charge in [0.05, 0.1) is 0 Å². The van der Waals surface area contributed by atoms with Crippen LogP contribution in [0.4, 0.5) is 14.5 Å². The van der Waals surface area contributed by atoms with E-state index in [9.17, 15) is 8.78 Å². The standard InChI is InChI=1S/C15H15F2N3/c16-12-3-2-10(6-13(12)17)20-8-18-7-11-14-4-1-9(19-14)5-15(11)20/h2-3,6-7,9,14,19H,1,4-5,8H2/t9-,14+/m1/s1. The Hall–Kier alpha value is -1.75. The molecule has 3 aliphatic rings. The highest BCUT2D eigenvalue weighted by Crippen LogP contribution is 2.36. The number of hydrogen-bond acceptors (Lipinski definition) is 3. The number of hydrogen-bond donors (Lipinski definition) is 1. The van der Waals surface area contributed by atoms with Crippen molar-refractivity contribution in [2.24, 2.45) is 4.99 Å². The van der Waals surface area contributed by atoms with Crippen molar-refractivity contribution in [2.75, 3.05) is 11.6 Å². The summed E-state index contributed by atoms with van der Waals surface area (Å²) >= 11 is 0. The van der Waals surface area contributed by atoms with E-state index in [1.165, 1.54) is 23.4 Å². The molecule has 1 aromatic carbocycles. The van der Waals surface area contributed by atoms with E-state index in [-0.39, 0.29) is 0 Å². The molecule has 1 aromatic rings. The van der Waals surface area contributed by atoms with Gasteiger partial charge in [-0.25, -0.2) is 8.78 Å². The van der Waals surface area contributed by atoms with Crippen molar-refractivity contribution in [3.8, 4) is 0 Å². The second-order valence-corrected chi connectivity index (χ2v) is 5.58. The number of halogens is 2. The number of benzene rings is 1. The molecule has 0 aliphatic carbocycles. The van der Waals surface area contributed by atoms with E-state index in [4.69, 9.17) is 0 Å². The van der Waals surface area contributed by atoms with Crippen LogP contribution in [0.3, 0.4) is 0 Å². The van der Waals surface area contributed by atoms with Gasteiger partial charge in [0, 0.05) is 47.7 Å². The zero-order chi connectivity index (χ0) is 13.7. The van der Waals surface area contributed by atoms with Crippen LogP contribution in [0, 0.1) is 11.6 Å². The molecule has 0 saturated carbocycles. The Bertz CT molecular complexity index is 624. The fraction of sp³-hybridized carbons (Fsp3) is 0.400. The molecule has 5 heteroatoms. The first-order valence-electron chi connectivity index (χ1n) is 6.94. The molecule has 0 radical (unpaired) electrons.